The Labute approximate surface area is 104 Å². The predicted molar refractivity (Wildman–Crippen MR) is 66.0 cm³/mol. The van der Waals surface area contributed by atoms with Crippen molar-refractivity contribution in [1.82, 2.24) is 0 Å². The van der Waals surface area contributed by atoms with Gasteiger partial charge >= 0.3 is 0 Å². The summed E-state index contributed by atoms with van der Waals surface area (Å²) in [5, 5.41) is 0.141. The highest BCUT2D eigenvalue weighted by atomic mass is 35.5. The van der Waals surface area contributed by atoms with Crippen molar-refractivity contribution < 1.29 is 9.18 Å². The van der Waals surface area contributed by atoms with E-state index in [9.17, 15) is 9.18 Å². The average molecular weight is 249 g/mol. The van der Waals surface area contributed by atoms with Crippen molar-refractivity contribution in [2.45, 2.75) is 6.92 Å². The lowest BCUT2D eigenvalue weighted by molar-refractivity contribution is 0.103. The fraction of sp³-hybridized carbons (Fsp3) is 0.0714. The van der Waals surface area contributed by atoms with Gasteiger partial charge in [-0.3, -0.25) is 4.79 Å². The second-order valence-electron chi connectivity index (χ2n) is 3.78. The number of hydrogen-bond acceptors (Lipinski definition) is 1. The molecule has 0 heterocycles. The highest BCUT2D eigenvalue weighted by Gasteiger charge is 2.14. The van der Waals surface area contributed by atoms with E-state index in [4.69, 9.17) is 11.6 Å². The minimum Gasteiger partial charge on any atom is -0.289 e. The molecule has 86 valence electrons. The van der Waals surface area contributed by atoms with Crippen LogP contribution in [0.1, 0.15) is 21.5 Å². The third-order valence-corrected chi connectivity index (χ3v) is 2.84. The zero-order chi connectivity index (χ0) is 12.4. The van der Waals surface area contributed by atoms with Gasteiger partial charge in [0.05, 0.1) is 5.02 Å². The second-order valence-corrected chi connectivity index (χ2v) is 4.18. The van der Waals surface area contributed by atoms with Gasteiger partial charge < -0.3 is 0 Å². The highest BCUT2D eigenvalue weighted by molar-refractivity contribution is 6.35. The fourth-order valence-corrected chi connectivity index (χ4v) is 1.81. The van der Waals surface area contributed by atoms with Crippen LogP contribution in [0.5, 0.6) is 0 Å². The van der Waals surface area contributed by atoms with Crippen LogP contribution in [0, 0.1) is 12.7 Å². The fourth-order valence-electron chi connectivity index (χ4n) is 1.58. The molecule has 0 aliphatic heterocycles. The van der Waals surface area contributed by atoms with E-state index in [0.717, 1.165) is 0 Å². The predicted octanol–water partition coefficient (Wildman–Crippen LogP) is 4.02. The molecular weight excluding hydrogens is 239 g/mol. The Bertz CT molecular complexity index is 564. The highest BCUT2D eigenvalue weighted by Crippen LogP contribution is 2.23. The van der Waals surface area contributed by atoms with Crippen LogP contribution in [0.15, 0.2) is 42.5 Å². The summed E-state index contributed by atoms with van der Waals surface area (Å²) in [6.45, 7) is 1.60. The Kier molecular flexibility index (Phi) is 3.25. The summed E-state index contributed by atoms with van der Waals surface area (Å²) in [7, 11) is 0. The van der Waals surface area contributed by atoms with Crippen molar-refractivity contribution >= 4 is 17.4 Å². The lowest BCUT2D eigenvalue weighted by Gasteiger charge is -2.06. The molecule has 2 aromatic carbocycles. The van der Waals surface area contributed by atoms with Gasteiger partial charge in [0.2, 0.25) is 0 Å². The van der Waals surface area contributed by atoms with Gasteiger partial charge in [0, 0.05) is 11.1 Å². The third kappa shape index (κ3) is 2.37. The van der Waals surface area contributed by atoms with Crippen LogP contribution in [0.2, 0.25) is 5.02 Å². The van der Waals surface area contributed by atoms with E-state index in [0.29, 0.717) is 16.7 Å². The van der Waals surface area contributed by atoms with Gasteiger partial charge in [-0.15, -0.1) is 0 Å². The summed E-state index contributed by atoms with van der Waals surface area (Å²) in [6, 6.07) is 11.4. The number of halogens is 2. The molecule has 2 aromatic rings. The van der Waals surface area contributed by atoms with Crippen LogP contribution in [0.25, 0.3) is 0 Å². The van der Waals surface area contributed by atoms with Gasteiger partial charge in [0.1, 0.15) is 5.82 Å². The van der Waals surface area contributed by atoms with Crippen molar-refractivity contribution in [2.75, 3.05) is 0 Å². The van der Waals surface area contributed by atoms with Crippen LogP contribution < -0.4 is 0 Å². The quantitative estimate of drug-likeness (QED) is 0.734. The first-order chi connectivity index (χ1) is 8.09. The maximum absolute atomic E-state index is 13.2. The first kappa shape index (κ1) is 11.8. The zero-order valence-electron chi connectivity index (χ0n) is 9.21. The Balaban J connectivity index is 2.48. The summed E-state index contributed by atoms with van der Waals surface area (Å²) in [4.78, 5) is 12.1. The molecule has 0 spiro atoms. The van der Waals surface area contributed by atoms with Gasteiger partial charge in [-0.2, -0.15) is 0 Å². The third-order valence-electron chi connectivity index (χ3n) is 2.53. The summed E-state index contributed by atoms with van der Waals surface area (Å²) in [5.41, 5.74) is 1.28. The van der Waals surface area contributed by atoms with Crippen LogP contribution in [0.4, 0.5) is 4.39 Å². The summed E-state index contributed by atoms with van der Waals surface area (Å²) >= 11 is 5.89. The normalized spacial score (nSPS) is 10.3. The van der Waals surface area contributed by atoms with Gasteiger partial charge in [0.15, 0.2) is 5.78 Å². The number of ketones is 1. The number of rotatable bonds is 2. The minimum absolute atomic E-state index is 0.141. The smallest absolute Gasteiger partial charge is 0.194 e. The Morgan fingerprint density at radius 1 is 1.18 bits per heavy atom. The molecule has 0 aliphatic rings. The van der Waals surface area contributed by atoms with Crippen molar-refractivity contribution in [3.05, 3.63) is 70.0 Å². The van der Waals surface area contributed by atoms with Crippen molar-refractivity contribution in [1.29, 1.82) is 0 Å². The van der Waals surface area contributed by atoms with E-state index in [-0.39, 0.29) is 10.8 Å². The molecule has 0 amide bonds. The van der Waals surface area contributed by atoms with Crippen LogP contribution in [-0.4, -0.2) is 5.78 Å². The van der Waals surface area contributed by atoms with E-state index in [1.807, 2.05) is 6.07 Å². The molecule has 0 bridgehead atoms. The summed E-state index contributed by atoms with van der Waals surface area (Å²) < 4.78 is 13.2. The second kappa shape index (κ2) is 4.68. The first-order valence-corrected chi connectivity index (χ1v) is 5.53. The summed E-state index contributed by atoms with van der Waals surface area (Å²) in [5.74, 6) is -0.599. The lowest BCUT2D eigenvalue weighted by Crippen LogP contribution is -2.03. The van der Waals surface area contributed by atoms with Crippen LogP contribution in [-0.2, 0) is 0 Å². The topological polar surface area (TPSA) is 17.1 Å². The van der Waals surface area contributed by atoms with Gasteiger partial charge in [0.25, 0.3) is 0 Å². The Hall–Kier alpha value is -1.67. The largest absolute Gasteiger partial charge is 0.289 e. The number of benzene rings is 2. The maximum Gasteiger partial charge on any atom is 0.194 e. The van der Waals surface area contributed by atoms with E-state index in [2.05, 4.69) is 0 Å². The average Bonchev–Trinajstić information content (AvgIpc) is 2.34. The lowest BCUT2D eigenvalue weighted by atomic mass is 10.0. The molecule has 0 unspecified atom stereocenters. The summed E-state index contributed by atoms with van der Waals surface area (Å²) in [6.07, 6.45) is 0. The molecule has 17 heavy (non-hydrogen) atoms. The Morgan fingerprint density at radius 3 is 2.47 bits per heavy atom. The van der Waals surface area contributed by atoms with E-state index in [1.165, 1.54) is 12.1 Å². The molecular formula is C14H10ClFO. The number of carbonyl (C=O) groups is 1. The monoisotopic (exact) mass is 248 g/mol. The molecule has 0 saturated carbocycles. The first-order valence-electron chi connectivity index (χ1n) is 5.15. The minimum atomic E-state index is -0.403. The van der Waals surface area contributed by atoms with Gasteiger partial charge in [-0.25, -0.2) is 4.39 Å². The number of aryl methyl sites for hydroxylation is 1. The molecule has 0 radical (unpaired) electrons. The van der Waals surface area contributed by atoms with E-state index < -0.39 is 5.82 Å². The number of carbonyl (C=O) groups excluding carboxylic acids is 1. The molecule has 0 fully saturated rings. The zero-order valence-corrected chi connectivity index (χ0v) is 9.96. The van der Waals surface area contributed by atoms with Crippen molar-refractivity contribution in [3.63, 3.8) is 0 Å². The molecule has 3 heteroatoms. The molecule has 2 rings (SSSR count). The van der Waals surface area contributed by atoms with Crippen LogP contribution in [0.3, 0.4) is 0 Å². The number of hydrogen-bond donors (Lipinski definition) is 0. The van der Waals surface area contributed by atoms with E-state index in [1.54, 1.807) is 31.2 Å². The van der Waals surface area contributed by atoms with Crippen LogP contribution >= 0.6 is 11.6 Å². The molecule has 0 N–H and O–H groups in total. The molecule has 0 aromatic heterocycles. The standard InChI is InChI=1S/C14H10ClFO/c1-9-7-11(12(15)8-13(9)16)14(17)10-5-3-2-4-6-10/h2-8H,1H3. The Morgan fingerprint density at radius 2 is 1.82 bits per heavy atom. The van der Waals surface area contributed by atoms with Gasteiger partial charge in [-0.1, -0.05) is 41.9 Å². The molecule has 0 saturated heterocycles. The van der Waals surface area contributed by atoms with Crippen molar-refractivity contribution in [2.24, 2.45) is 0 Å². The SMILES string of the molecule is Cc1cc(C(=O)c2ccccc2)c(Cl)cc1F. The molecule has 0 atom stereocenters. The molecule has 1 nitrogen and oxygen atoms in total. The van der Waals surface area contributed by atoms with Crippen molar-refractivity contribution in [3.8, 4) is 0 Å². The molecule has 0 aliphatic carbocycles. The maximum atomic E-state index is 13.2. The van der Waals surface area contributed by atoms with E-state index >= 15 is 0 Å². The van der Waals surface area contributed by atoms with Gasteiger partial charge in [-0.05, 0) is 24.6 Å².